The minimum atomic E-state index is -0.963. The third kappa shape index (κ3) is 8.00. The largest absolute Gasteiger partial charge is 0.390 e. The Bertz CT molecular complexity index is 754. The molecule has 2 aromatic carbocycles. The molecule has 1 atom stereocenters. The van der Waals surface area contributed by atoms with Crippen LogP contribution in [0.3, 0.4) is 0 Å². The Kier molecular flexibility index (Phi) is 8.60. The number of benzene rings is 2. The van der Waals surface area contributed by atoms with Gasteiger partial charge in [0.05, 0.1) is 24.4 Å². The van der Waals surface area contributed by atoms with Gasteiger partial charge in [-0.25, -0.2) is 0 Å². The van der Waals surface area contributed by atoms with Crippen molar-refractivity contribution in [3.05, 3.63) is 71.8 Å². The molecule has 0 saturated carbocycles. The summed E-state index contributed by atoms with van der Waals surface area (Å²) >= 11 is 0. The number of ether oxygens (including phenoxy) is 3. The molecule has 0 radical (unpaired) electrons. The van der Waals surface area contributed by atoms with Gasteiger partial charge in [-0.1, -0.05) is 60.7 Å². The van der Waals surface area contributed by atoms with Gasteiger partial charge in [-0.15, -0.1) is 0 Å². The Labute approximate surface area is 185 Å². The molecule has 31 heavy (non-hydrogen) atoms. The molecule has 1 aliphatic rings. The van der Waals surface area contributed by atoms with Crippen molar-refractivity contribution in [1.82, 2.24) is 4.90 Å². The molecule has 1 aliphatic heterocycles. The molecule has 2 N–H and O–H groups in total. The molecule has 0 aliphatic carbocycles. The molecule has 0 amide bonds. The number of hydrogen-bond acceptors (Lipinski definition) is 6. The van der Waals surface area contributed by atoms with Gasteiger partial charge in [-0.2, -0.15) is 0 Å². The first kappa shape index (κ1) is 23.9. The van der Waals surface area contributed by atoms with E-state index in [9.17, 15) is 10.2 Å². The molecule has 6 nitrogen and oxygen atoms in total. The fraction of sp³-hybridized carbons (Fsp3) is 0.520. The molecule has 1 heterocycles. The zero-order valence-electron chi connectivity index (χ0n) is 18.6. The molecule has 0 aromatic heterocycles. The first-order valence-corrected chi connectivity index (χ1v) is 10.9. The van der Waals surface area contributed by atoms with Crippen molar-refractivity contribution in [2.75, 3.05) is 19.9 Å². The van der Waals surface area contributed by atoms with Gasteiger partial charge in [-0.3, -0.25) is 4.90 Å². The Hall–Kier alpha value is -1.80. The van der Waals surface area contributed by atoms with E-state index in [1.165, 1.54) is 0 Å². The van der Waals surface area contributed by atoms with Crippen LogP contribution >= 0.6 is 0 Å². The summed E-state index contributed by atoms with van der Waals surface area (Å²) in [6.07, 6.45) is 0.896. The number of hydrogen-bond donors (Lipinski definition) is 2. The summed E-state index contributed by atoms with van der Waals surface area (Å²) in [6, 6.07) is 19.8. The standard InChI is InChI=1S/C25H35NO5/c1-24(2,28)19-25(31-20-29-17-21-9-5-3-6-10-21)13-15-26(16-14-25)23(27)30-18-22-11-7-4-8-12-22/h3-12,23,27-28H,13-20H2,1-2H3. The maximum Gasteiger partial charge on any atom is 0.216 e. The average Bonchev–Trinajstić information content (AvgIpc) is 2.76. The monoisotopic (exact) mass is 429 g/mol. The molecular formula is C25H35NO5. The Morgan fingerprint density at radius 1 is 0.935 bits per heavy atom. The van der Waals surface area contributed by atoms with Crippen LogP contribution in [0.25, 0.3) is 0 Å². The van der Waals surface area contributed by atoms with E-state index in [4.69, 9.17) is 14.2 Å². The van der Waals surface area contributed by atoms with Gasteiger partial charge in [0.1, 0.15) is 6.79 Å². The summed E-state index contributed by atoms with van der Waals surface area (Å²) in [5.74, 6) is 0. The molecule has 1 fully saturated rings. The van der Waals surface area contributed by atoms with Gasteiger partial charge < -0.3 is 24.4 Å². The summed E-state index contributed by atoms with van der Waals surface area (Å²) in [5.41, 5.74) is 0.763. The minimum Gasteiger partial charge on any atom is -0.390 e. The van der Waals surface area contributed by atoms with E-state index >= 15 is 0 Å². The van der Waals surface area contributed by atoms with Crippen LogP contribution < -0.4 is 0 Å². The topological polar surface area (TPSA) is 71.4 Å². The maximum atomic E-state index is 10.5. The predicted molar refractivity (Wildman–Crippen MR) is 119 cm³/mol. The lowest BCUT2D eigenvalue weighted by atomic mass is 9.82. The predicted octanol–water partition coefficient (Wildman–Crippen LogP) is 3.67. The second-order valence-electron chi connectivity index (χ2n) is 8.93. The van der Waals surface area contributed by atoms with Crippen LogP contribution in [-0.2, 0) is 27.4 Å². The zero-order valence-corrected chi connectivity index (χ0v) is 18.6. The molecule has 1 unspecified atom stereocenters. The molecule has 170 valence electrons. The van der Waals surface area contributed by atoms with E-state index in [2.05, 4.69) is 0 Å². The van der Waals surface area contributed by atoms with E-state index in [0.717, 1.165) is 11.1 Å². The summed E-state index contributed by atoms with van der Waals surface area (Å²) in [7, 11) is 0. The molecule has 6 heteroatoms. The highest BCUT2D eigenvalue weighted by atomic mass is 16.7. The number of aliphatic hydroxyl groups excluding tert-OH is 1. The quantitative estimate of drug-likeness (QED) is 0.420. The number of piperidine rings is 1. The van der Waals surface area contributed by atoms with Crippen molar-refractivity contribution >= 4 is 0 Å². The smallest absolute Gasteiger partial charge is 0.216 e. The molecule has 0 bridgehead atoms. The highest BCUT2D eigenvalue weighted by Gasteiger charge is 2.41. The van der Waals surface area contributed by atoms with Crippen molar-refractivity contribution in [2.24, 2.45) is 0 Å². The van der Waals surface area contributed by atoms with Crippen LogP contribution in [0.5, 0.6) is 0 Å². The van der Waals surface area contributed by atoms with Crippen molar-refractivity contribution in [3.8, 4) is 0 Å². The minimum absolute atomic E-state index is 0.165. The maximum absolute atomic E-state index is 10.5. The summed E-state index contributed by atoms with van der Waals surface area (Å²) < 4.78 is 17.6. The van der Waals surface area contributed by atoms with Crippen molar-refractivity contribution < 1.29 is 24.4 Å². The first-order valence-electron chi connectivity index (χ1n) is 10.9. The van der Waals surface area contributed by atoms with Crippen molar-refractivity contribution in [2.45, 2.75) is 63.9 Å². The Morgan fingerprint density at radius 2 is 1.48 bits per heavy atom. The van der Waals surface area contributed by atoms with Crippen LogP contribution in [0.2, 0.25) is 0 Å². The van der Waals surface area contributed by atoms with Crippen molar-refractivity contribution in [3.63, 3.8) is 0 Å². The number of likely N-dealkylation sites (tertiary alicyclic amines) is 1. The SMILES string of the molecule is CC(C)(O)CC1(OCOCc2ccccc2)CCN(C(O)OCc2ccccc2)CC1. The Morgan fingerprint density at radius 3 is 2.03 bits per heavy atom. The lowest BCUT2D eigenvalue weighted by Crippen LogP contribution is -2.52. The van der Waals surface area contributed by atoms with Crippen LogP contribution in [0, 0.1) is 0 Å². The average molecular weight is 430 g/mol. The zero-order chi connectivity index (χ0) is 22.2. The van der Waals surface area contributed by atoms with Crippen LogP contribution in [0.4, 0.5) is 0 Å². The van der Waals surface area contributed by atoms with Gasteiger partial charge in [0.15, 0.2) is 0 Å². The second kappa shape index (κ2) is 11.2. The number of rotatable bonds is 11. The third-order valence-corrected chi connectivity index (χ3v) is 5.58. The van der Waals surface area contributed by atoms with Gasteiger partial charge >= 0.3 is 0 Å². The van der Waals surface area contributed by atoms with Gasteiger partial charge in [0, 0.05) is 19.5 Å². The number of nitrogens with zero attached hydrogens (tertiary/aromatic N) is 1. The van der Waals surface area contributed by atoms with Gasteiger partial charge in [0.2, 0.25) is 6.41 Å². The molecule has 3 rings (SSSR count). The highest BCUT2D eigenvalue weighted by molar-refractivity contribution is 5.14. The fourth-order valence-electron chi connectivity index (χ4n) is 4.06. The van der Waals surface area contributed by atoms with Gasteiger partial charge in [-0.05, 0) is 37.8 Å². The third-order valence-electron chi connectivity index (χ3n) is 5.58. The van der Waals surface area contributed by atoms with Crippen molar-refractivity contribution in [1.29, 1.82) is 0 Å². The second-order valence-corrected chi connectivity index (χ2v) is 8.93. The first-order chi connectivity index (χ1) is 14.9. The molecule has 1 saturated heterocycles. The molecular weight excluding hydrogens is 394 g/mol. The lowest BCUT2D eigenvalue weighted by Gasteiger charge is -2.44. The van der Waals surface area contributed by atoms with Gasteiger partial charge in [0.25, 0.3) is 0 Å². The summed E-state index contributed by atoms with van der Waals surface area (Å²) in [4.78, 5) is 1.90. The van der Waals surface area contributed by atoms with E-state index in [1.54, 1.807) is 13.8 Å². The van der Waals surface area contributed by atoms with Crippen LogP contribution in [0.1, 0.15) is 44.2 Å². The van der Waals surface area contributed by atoms with E-state index in [0.29, 0.717) is 45.6 Å². The fourth-order valence-corrected chi connectivity index (χ4v) is 4.06. The molecule has 0 spiro atoms. The van der Waals surface area contributed by atoms with E-state index in [-0.39, 0.29) is 6.79 Å². The Balaban J connectivity index is 1.49. The van der Waals surface area contributed by atoms with E-state index in [1.807, 2.05) is 65.6 Å². The van der Waals surface area contributed by atoms with Crippen LogP contribution in [0.15, 0.2) is 60.7 Å². The highest BCUT2D eigenvalue weighted by Crippen LogP contribution is 2.35. The van der Waals surface area contributed by atoms with E-state index < -0.39 is 17.6 Å². The summed E-state index contributed by atoms with van der Waals surface area (Å²) in [6.45, 7) is 5.84. The van der Waals surface area contributed by atoms with Crippen LogP contribution in [-0.4, -0.2) is 52.6 Å². The summed E-state index contributed by atoms with van der Waals surface area (Å²) in [5, 5.41) is 20.9. The lowest BCUT2D eigenvalue weighted by molar-refractivity contribution is -0.232. The normalized spacial score (nSPS) is 18.1. The molecule has 2 aromatic rings. The number of aliphatic hydroxyl groups is 2.